The molecule has 0 bridgehead atoms. The van der Waals surface area contributed by atoms with Crippen molar-refractivity contribution in [1.82, 2.24) is 14.8 Å². The fraction of sp³-hybridized carbons (Fsp3) is 0.333. The minimum atomic E-state index is -0.468. The number of hydrogen-bond acceptors (Lipinski definition) is 6. The summed E-state index contributed by atoms with van der Waals surface area (Å²) >= 11 is 1.42. The molecule has 0 radical (unpaired) electrons. The van der Waals surface area contributed by atoms with E-state index in [2.05, 4.69) is 18.8 Å². The summed E-state index contributed by atoms with van der Waals surface area (Å²) in [4.78, 5) is 16.5. The SMILES string of the molecule is CCC.COc1ccc(SN(CC(=O)NO)Cc2cccnc2)cc1. The first kappa shape index (κ1) is 21.0. The van der Waals surface area contributed by atoms with E-state index in [0.29, 0.717) is 6.54 Å². The van der Waals surface area contributed by atoms with Crippen LogP contribution in [0.1, 0.15) is 25.8 Å². The number of carbonyl (C=O) groups is 1. The molecule has 2 N–H and O–H groups in total. The molecule has 1 amide bonds. The Morgan fingerprint density at radius 2 is 1.96 bits per heavy atom. The van der Waals surface area contributed by atoms with E-state index < -0.39 is 5.91 Å². The summed E-state index contributed by atoms with van der Waals surface area (Å²) in [5.41, 5.74) is 2.64. The second-order valence-electron chi connectivity index (χ2n) is 5.17. The molecule has 1 heterocycles. The van der Waals surface area contributed by atoms with Crippen LogP contribution in [0.3, 0.4) is 0 Å². The maximum atomic E-state index is 11.5. The van der Waals surface area contributed by atoms with Crippen LogP contribution in [0.15, 0.2) is 53.7 Å². The topological polar surface area (TPSA) is 74.7 Å². The fourth-order valence-electron chi connectivity index (χ4n) is 1.80. The fourth-order valence-corrected chi connectivity index (χ4v) is 2.75. The van der Waals surface area contributed by atoms with Crippen LogP contribution in [0.25, 0.3) is 0 Å². The number of pyridine rings is 1. The third-order valence-electron chi connectivity index (χ3n) is 2.82. The van der Waals surface area contributed by atoms with Gasteiger partial charge in [-0.05, 0) is 47.8 Å². The van der Waals surface area contributed by atoms with Crippen LogP contribution in [0.5, 0.6) is 5.75 Å². The van der Waals surface area contributed by atoms with Crippen molar-refractivity contribution in [1.29, 1.82) is 0 Å². The number of nitrogens with one attached hydrogen (secondary N) is 1. The molecule has 0 saturated carbocycles. The van der Waals surface area contributed by atoms with Crippen LogP contribution in [-0.2, 0) is 11.3 Å². The highest BCUT2D eigenvalue weighted by Crippen LogP contribution is 2.26. The average Bonchev–Trinajstić information content (AvgIpc) is 2.63. The minimum Gasteiger partial charge on any atom is -0.497 e. The number of ether oxygens (including phenoxy) is 1. The van der Waals surface area contributed by atoms with Gasteiger partial charge in [-0.15, -0.1) is 0 Å². The van der Waals surface area contributed by atoms with Gasteiger partial charge >= 0.3 is 0 Å². The summed E-state index contributed by atoms with van der Waals surface area (Å²) in [6, 6.07) is 11.3. The lowest BCUT2D eigenvalue weighted by molar-refractivity contribution is -0.129. The zero-order valence-corrected chi connectivity index (χ0v) is 15.6. The Hall–Kier alpha value is -2.09. The first-order valence-electron chi connectivity index (χ1n) is 8.01. The zero-order chi connectivity index (χ0) is 18.5. The summed E-state index contributed by atoms with van der Waals surface area (Å²) in [6.45, 7) is 4.83. The number of aromatic nitrogens is 1. The van der Waals surface area contributed by atoms with Crippen LogP contribution in [0.2, 0.25) is 0 Å². The minimum absolute atomic E-state index is 0.0576. The molecule has 0 aliphatic heterocycles. The third-order valence-corrected chi connectivity index (χ3v) is 3.82. The van der Waals surface area contributed by atoms with E-state index in [1.807, 2.05) is 40.7 Å². The number of benzene rings is 1. The molecule has 0 unspecified atom stereocenters. The molecule has 1 aromatic carbocycles. The molecule has 0 atom stereocenters. The molecule has 6 nitrogen and oxygen atoms in total. The van der Waals surface area contributed by atoms with Gasteiger partial charge in [0.25, 0.3) is 5.91 Å². The lowest BCUT2D eigenvalue weighted by atomic mass is 10.3. The number of carbonyl (C=O) groups excluding carboxylic acids is 1. The lowest BCUT2D eigenvalue weighted by Crippen LogP contribution is -2.31. The van der Waals surface area contributed by atoms with Gasteiger partial charge in [0.15, 0.2) is 0 Å². The summed E-state index contributed by atoms with van der Waals surface area (Å²) in [6.07, 6.45) is 4.70. The monoisotopic (exact) mass is 363 g/mol. The van der Waals surface area contributed by atoms with E-state index in [9.17, 15) is 4.79 Å². The summed E-state index contributed by atoms with van der Waals surface area (Å²) < 4.78 is 6.96. The maximum absolute atomic E-state index is 11.5. The Morgan fingerprint density at radius 3 is 2.48 bits per heavy atom. The number of hydroxylamine groups is 1. The molecule has 25 heavy (non-hydrogen) atoms. The van der Waals surface area contributed by atoms with Crippen molar-refractivity contribution in [2.75, 3.05) is 13.7 Å². The summed E-state index contributed by atoms with van der Waals surface area (Å²) in [7, 11) is 1.61. The highest BCUT2D eigenvalue weighted by Gasteiger charge is 2.13. The van der Waals surface area contributed by atoms with Crippen molar-refractivity contribution in [3.05, 3.63) is 54.4 Å². The molecule has 1 aromatic heterocycles. The molecule has 7 heteroatoms. The lowest BCUT2D eigenvalue weighted by Gasteiger charge is -2.20. The highest BCUT2D eigenvalue weighted by molar-refractivity contribution is 7.97. The molecular weight excluding hydrogens is 338 g/mol. The molecular formula is C18H25N3O3S. The highest BCUT2D eigenvalue weighted by atomic mass is 32.2. The van der Waals surface area contributed by atoms with Crippen molar-refractivity contribution in [3.8, 4) is 5.75 Å². The molecule has 0 saturated heterocycles. The van der Waals surface area contributed by atoms with E-state index in [0.717, 1.165) is 16.2 Å². The van der Waals surface area contributed by atoms with Gasteiger partial charge in [0, 0.05) is 23.8 Å². The van der Waals surface area contributed by atoms with Gasteiger partial charge < -0.3 is 4.74 Å². The number of amides is 1. The number of methoxy groups -OCH3 is 1. The predicted octanol–water partition coefficient (Wildman–Crippen LogP) is 3.52. The standard InChI is InChI=1S/C15H17N3O3S.C3H8/c1-21-13-4-6-14(7-5-13)22-18(11-15(19)17-20)10-12-3-2-8-16-9-12;1-3-2/h2-9,20H,10-11H2,1H3,(H,17,19);3H2,1-2H3. The second kappa shape index (κ2) is 12.3. The Bertz CT molecular complexity index is 609. The van der Waals surface area contributed by atoms with Crippen molar-refractivity contribution in [3.63, 3.8) is 0 Å². The zero-order valence-electron chi connectivity index (χ0n) is 14.8. The Balaban J connectivity index is 0.000000970. The number of hydrogen-bond donors (Lipinski definition) is 2. The van der Waals surface area contributed by atoms with Crippen molar-refractivity contribution < 1.29 is 14.7 Å². The molecule has 2 aromatic rings. The Kier molecular flexibility index (Phi) is 10.3. The van der Waals surface area contributed by atoms with Gasteiger partial charge in [-0.1, -0.05) is 26.3 Å². The molecule has 0 spiro atoms. The summed E-state index contributed by atoms with van der Waals surface area (Å²) in [5.74, 6) is 0.307. The first-order chi connectivity index (χ1) is 12.1. The van der Waals surface area contributed by atoms with Gasteiger partial charge in [0.05, 0.1) is 13.7 Å². The normalized spacial score (nSPS) is 9.96. The predicted molar refractivity (Wildman–Crippen MR) is 99.4 cm³/mol. The van der Waals surface area contributed by atoms with Gasteiger partial charge in [-0.3, -0.25) is 15.0 Å². The van der Waals surface area contributed by atoms with E-state index in [4.69, 9.17) is 9.94 Å². The molecule has 0 aliphatic rings. The number of nitrogens with zero attached hydrogens (tertiary/aromatic N) is 2. The number of rotatable bonds is 7. The van der Waals surface area contributed by atoms with Gasteiger partial charge in [0.1, 0.15) is 5.75 Å². The third kappa shape index (κ3) is 8.53. The van der Waals surface area contributed by atoms with Crippen LogP contribution in [0.4, 0.5) is 0 Å². The van der Waals surface area contributed by atoms with Crippen LogP contribution in [-0.4, -0.2) is 34.1 Å². The van der Waals surface area contributed by atoms with Crippen LogP contribution >= 0.6 is 11.9 Å². The molecule has 2 rings (SSSR count). The first-order valence-corrected chi connectivity index (χ1v) is 8.79. The molecule has 136 valence electrons. The van der Waals surface area contributed by atoms with Crippen LogP contribution in [0, 0.1) is 0 Å². The molecule has 0 fully saturated rings. The van der Waals surface area contributed by atoms with E-state index >= 15 is 0 Å². The van der Waals surface area contributed by atoms with Crippen molar-refractivity contribution in [2.45, 2.75) is 31.7 Å². The van der Waals surface area contributed by atoms with Crippen molar-refractivity contribution in [2.24, 2.45) is 0 Å². The van der Waals surface area contributed by atoms with Crippen LogP contribution < -0.4 is 10.2 Å². The van der Waals surface area contributed by atoms with E-state index in [-0.39, 0.29) is 6.54 Å². The quantitative estimate of drug-likeness (QED) is 0.445. The van der Waals surface area contributed by atoms with Gasteiger partial charge in [-0.2, -0.15) is 0 Å². The maximum Gasteiger partial charge on any atom is 0.258 e. The smallest absolute Gasteiger partial charge is 0.258 e. The molecule has 0 aliphatic carbocycles. The van der Waals surface area contributed by atoms with E-state index in [1.165, 1.54) is 18.4 Å². The van der Waals surface area contributed by atoms with E-state index in [1.54, 1.807) is 25.0 Å². The second-order valence-corrected chi connectivity index (χ2v) is 6.34. The average molecular weight is 363 g/mol. The largest absolute Gasteiger partial charge is 0.497 e. The van der Waals surface area contributed by atoms with Gasteiger partial charge in [-0.25, -0.2) is 9.79 Å². The Labute approximate surface area is 153 Å². The summed E-state index contributed by atoms with van der Waals surface area (Å²) in [5, 5.41) is 8.72. The van der Waals surface area contributed by atoms with Crippen molar-refractivity contribution >= 4 is 17.9 Å². The van der Waals surface area contributed by atoms with Gasteiger partial charge in [0.2, 0.25) is 0 Å². The Morgan fingerprint density at radius 1 is 1.28 bits per heavy atom.